The molecule has 0 atom stereocenters. The second-order valence-corrected chi connectivity index (χ2v) is 3.34. The summed E-state index contributed by atoms with van der Waals surface area (Å²) >= 11 is 6.00. The number of carboxylic acid groups (broad SMARTS) is 1. The molecule has 0 radical (unpaired) electrons. The summed E-state index contributed by atoms with van der Waals surface area (Å²) in [5, 5.41) is 9.21. The van der Waals surface area contributed by atoms with E-state index in [0.717, 1.165) is 0 Å². The van der Waals surface area contributed by atoms with Crippen LogP contribution in [0.25, 0.3) is 0 Å². The van der Waals surface area contributed by atoms with Crippen LogP contribution in [0.4, 0.5) is 0 Å². The molecule has 0 bridgehead atoms. The maximum atomic E-state index is 10.9. The molecular formula is C11H13ClO4. The van der Waals surface area contributed by atoms with E-state index in [0.29, 0.717) is 29.7 Å². The van der Waals surface area contributed by atoms with Gasteiger partial charge in [0.15, 0.2) is 0 Å². The van der Waals surface area contributed by atoms with Crippen LogP contribution in [0.5, 0.6) is 11.5 Å². The van der Waals surface area contributed by atoms with Crippen molar-refractivity contribution in [3.63, 3.8) is 0 Å². The minimum absolute atomic E-state index is 0.0938. The van der Waals surface area contributed by atoms with Gasteiger partial charge in [-0.3, -0.25) is 0 Å². The van der Waals surface area contributed by atoms with Crippen LogP contribution < -0.4 is 9.47 Å². The van der Waals surface area contributed by atoms with Gasteiger partial charge in [-0.15, -0.1) is 0 Å². The van der Waals surface area contributed by atoms with Crippen LogP contribution >= 0.6 is 11.6 Å². The van der Waals surface area contributed by atoms with Crippen molar-refractivity contribution < 1.29 is 19.4 Å². The molecule has 0 heterocycles. The first-order valence-electron chi connectivity index (χ1n) is 4.92. The first-order valence-corrected chi connectivity index (χ1v) is 5.30. The molecule has 88 valence electrons. The second-order valence-electron chi connectivity index (χ2n) is 2.96. The van der Waals surface area contributed by atoms with Crippen molar-refractivity contribution in [2.24, 2.45) is 0 Å². The lowest BCUT2D eigenvalue weighted by Gasteiger charge is -2.11. The molecule has 4 nitrogen and oxygen atoms in total. The average molecular weight is 245 g/mol. The fraction of sp³-hybridized carbons (Fsp3) is 0.364. The SMILES string of the molecule is CCOc1cc(C(=O)O)cc(OCC)c1Cl. The average Bonchev–Trinajstić information content (AvgIpc) is 2.24. The first-order chi connectivity index (χ1) is 7.60. The van der Waals surface area contributed by atoms with E-state index in [9.17, 15) is 4.79 Å². The molecule has 0 aromatic heterocycles. The van der Waals surface area contributed by atoms with Crippen molar-refractivity contribution in [1.29, 1.82) is 0 Å². The molecule has 1 N–H and O–H groups in total. The number of ether oxygens (including phenoxy) is 2. The summed E-state index contributed by atoms with van der Waals surface area (Å²) in [5.41, 5.74) is 0.0938. The van der Waals surface area contributed by atoms with Crippen molar-refractivity contribution in [1.82, 2.24) is 0 Å². The number of rotatable bonds is 5. The summed E-state index contributed by atoms with van der Waals surface area (Å²) in [5.74, 6) is -0.390. The van der Waals surface area contributed by atoms with E-state index in [1.54, 1.807) is 13.8 Å². The smallest absolute Gasteiger partial charge is 0.335 e. The Kier molecular flexibility index (Phi) is 4.43. The quantitative estimate of drug-likeness (QED) is 0.865. The third-order valence-corrected chi connectivity index (χ3v) is 2.23. The lowest BCUT2D eigenvalue weighted by atomic mass is 10.2. The van der Waals surface area contributed by atoms with Gasteiger partial charge >= 0.3 is 5.97 Å². The molecule has 0 saturated heterocycles. The minimum atomic E-state index is -1.04. The molecule has 0 amide bonds. The third kappa shape index (κ3) is 2.79. The van der Waals surface area contributed by atoms with Crippen molar-refractivity contribution in [3.8, 4) is 11.5 Å². The Labute approximate surface area is 98.7 Å². The molecule has 0 aliphatic heterocycles. The molecule has 0 fully saturated rings. The summed E-state index contributed by atoms with van der Waals surface area (Å²) < 4.78 is 10.5. The van der Waals surface area contributed by atoms with E-state index >= 15 is 0 Å². The van der Waals surface area contributed by atoms with E-state index in [1.165, 1.54) is 12.1 Å². The molecule has 1 aromatic rings. The maximum Gasteiger partial charge on any atom is 0.335 e. The minimum Gasteiger partial charge on any atom is -0.492 e. The Morgan fingerprint density at radius 2 is 1.69 bits per heavy atom. The highest BCUT2D eigenvalue weighted by Gasteiger charge is 2.14. The van der Waals surface area contributed by atoms with Crippen LogP contribution in [0.3, 0.4) is 0 Å². The summed E-state index contributed by atoms with van der Waals surface area (Å²) in [7, 11) is 0. The predicted molar refractivity (Wildman–Crippen MR) is 60.7 cm³/mol. The van der Waals surface area contributed by atoms with E-state index < -0.39 is 5.97 Å². The lowest BCUT2D eigenvalue weighted by Crippen LogP contribution is -2.02. The maximum absolute atomic E-state index is 10.9. The number of hydrogen-bond donors (Lipinski definition) is 1. The Bertz CT molecular complexity index is 363. The van der Waals surface area contributed by atoms with E-state index in [2.05, 4.69) is 0 Å². The van der Waals surface area contributed by atoms with Gasteiger partial charge in [0.05, 0.1) is 18.8 Å². The molecule has 16 heavy (non-hydrogen) atoms. The molecule has 5 heteroatoms. The van der Waals surface area contributed by atoms with Gasteiger partial charge in [-0.1, -0.05) is 11.6 Å². The largest absolute Gasteiger partial charge is 0.492 e. The third-order valence-electron chi connectivity index (χ3n) is 1.85. The van der Waals surface area contributed by atoms with Gasteiger partial charge in [0.25, 0.3) is 0 Å². The van der Waals surface area contributed by atoms with Crippen molar-refractivity contribution in [3.05, 3.63) is 22.7 Å². The Morgan fingerprint density at radius 1 is 1.25 bits per heavy atom. The van der Waals surface area contributed by atoms with Crippen molar-refractivity contribution in [2.45, 2.75) is 13.8 Å². The number of aromatic carboxylic acids is 1. The summed E-state index contributed by atoms with van der Waals surface area (Å²) in [6.07, 6.45) is 0. The molecule has 0 aliphatic rings. The van der Waals surface area contributed by atoms with Gasteiger partial charge in [0.2, 0.25) is 0 Å². The van der Waals surface area contributed by atoms with E-state index in [4.69, 9.17) is 26.2 Å². The normalized spacial score (nSPS) is 9.94. The Hall–Kier alpha value is -1.42. The summed E-state index contributed by atoms with van der Waals surface area (Å²) in [4.78, 5) is 10.9. The fourth-order valence-electron chi connectivity index (χ4n) is 1.22. The van der Waals surface area contributed by atoms with Crippen LogP contribution in [0.15, 0.2) is 12.1 Å². The Morgan fingerprint density at radius 3 is 2.00 bits per heavy atom. The number of halogens is 1. The lowest BCUT2D eigenvalue weighted by molar-refractivity contribution is 0.0696. The first kappa shape index (κ1) is 12.6. The highest BCUT2D eigenvalue weighted by Crippen LogP contribution is 2.35. The molecule has 0 unspecified atom stereocenters. The zero-order valence-electron chi connectivity index (χ0n) is 9.12. The standard InChI is InChI=1S/C11H13ClO4/c1-3-15-8-5-7(11(13)14)6-9(10(8)12)16-4-2/h5-6H,3-4H2,1-2H3,(H,13,14). The monoisotopic (exact) mass is 244 g/mol. The van der Waals surface area contributed by atoms with E-state index in [1.807, 2.05) is 0 Å². The van der Waals surface area contributed by atoms with Gasteiger partial charge < -0.3 is 14.6 Å². The summed E-state index contributed by atoms with van der Waals surface area (Å²) in [6.45, 7) is 4.41. The predicted octanol–water partition coefficient (Wildman–Crippen LogP) is 2.84. The number of hydrogen-bond acceptors (Lipinski definition) is 3. The highest BCUT2D eigenvalue weighted by molar-refractivity contribution is 6.33. The van der Waals surface area contributed by atoms with Crippen LogP contribution in [0, 0.1) is 0 Å². The molecule has 0 aliphatic carbocycles. The van der Waals surface area contributed by atoms with Gasteiger partial charge in [-0.25, -0.2) is 4.79 Å². The highest BCUT2D eigenvalue weighted by atomic mass is 35.5. The topological polar surface area (TPSA) is 55.8 Å². The van der Waals surface area contributed by atoms with Crippen LogP contribution in [0.2, 0.25) is 5.02 Å². The van der Waals surface area contributed by atoms with Crippen LogP contribution in [-0.4, -0.2) is 24.3 Å². The summed E-state index contributed by atoms with van der Waals surface area (Å²) in [6, 6.07) is 2.77. The molecule has 0 saturated carbocycles. The second kappa shape index (κ2) is 5.61. The molecule has 1 rings (SSSR count). The number of benzene rings is 1. The van der Waals surface area contributed by atoms with E-state index in [-0.39, 0.29) is 5.56 Å². The van der Waals surface area contributed by atoms with Crippen molar-refractivity contribution in [2.75, 3.05) is 13.2 Å². The number of carbonyl (C=O) groups is 1. The van der Waals surface area contributed by atoms with Gasteiger partial charge in [-0.2, -0.15) is 0 Å². The van der Waals surface area contributed by atoms with Gasteiger partial charge in [-0.05, 0) is 26.0 Å². The zero-order valence-corrected chi connectivity index (χ0v) is 9.87. The van der Waals surface area contributed by atoms with Crippen LogP contribution in [0.1, 0.15) is 24.2 Å². The number of carboxylic acids is 1. The van der Waals surface area contributed by atoms with Gasteiger partial charge in [0.1, 0.15) is 16.5 Å². The fourth-order valence-corrected chi connectivity index (χ4v) is 1.44. The molecule has 0 spiro atoms. The zero-order chi connectivity index (χ0) is 12.1. The molecule has 1 aromatic carbocycles. The van der Waals surface area contributed by atoms with Crippen molar-refractivity contribution >= 4 is 17.6 Å². The molecular weight excluding hydrogens is 232 g/mol. The van der Waals surface area contributed by atoms with Crippen LogP contribution in [-0.2, 0) is 0 Å². The van der Waals surface area contributed by atoms with Gasteiger partial charge in [0, 0.05) is 0 Å². The Balaban J connectivity index is 3.21.